The minimum absolute atomic E-state index is 0.170. The van der Waals surface area contributed by atoms with Crippen molar-refractivity contribution in [1.82, 2.24) is 5.32 Å². The first-order valence-electron chi connectivity index (χ1n) is 5.57. The molecule has 94 valence electrons. The summed E-state index contributed by atoms with van der Waals surface area (Å²) in [5.74, 6) is -0.406. The van der Waals surface area contributed by atoms with Crippen LogP contribution in [0.2, 0.25) is 0 Å². The Morgan fingerprint density at radius 1 is 1.33 bits per heavy atom. The predicted molar refractivity (Wildman–Crippen MR) is 59.5 cm³/mol. The average Bonchev–Trinajstić information content (AvgIpc) is 2.93. The first-order chi connectivity index (χ1) is 8.65. The Balaban J connectivity index is 1.94. The summed E-state index contributed by atoms with van der Waals surface area (Å²) in [5, 5.41) is 11.5. The second-order valence-electron chi connectivity index (χ2n) is 4.31. The van der Waals surface area contributed by atoms with Crippen LogP contribution in [0.3, 0.4) is 0 Å². The minimum atomic E-state index is -1.02. The molecule has 1 aromatic carbocycles. The van der Waals surface area contributed by atoms with Gasteiger partial charge in [0.05, 0.1) is 0 Å². The van der Waals surface area contributed by atoms with Gasteiger partial charge < -0.3 is 19.9 Å². The van der Waals surface area contributed by atoms with Crippen LogP contribution in [0.15, 0.2) is 18.2 Å². The number of hydrogen-bond acceptors (Lipinski definition) is 4. The summed E-state index contributed by atoms with van der Waals surface area (Å²) in [4.78, 5) is 22.4. The number of carbonyl (C=O) groups is 2. The minimum Gasteiger partial charge on any atom is -0.480 e. The molecule has 0 aromatic heterocycles. The van der Waals surface area contributed by atoms with Crippen molar-refractivity contribution in [3.8, 4) is 11.5 Å². The normalized spacial score (nSPS) is 25.0. The highest BCUT2D eigenvalue weighted by Gasteiger charge is 2.38. The summed E-state index contributed by atoms with van der Waals surface area (Å²) in [6.45, 7) is 0.170. The third-order valence-electron chi connectivity index (χ3n) is 3.21. The summed E-state index contributed by atoms with van der Waals surface area (Å²) in [6.07, 6.45) is 0.177. The number of carboxylic acids is 1. The molecule has 1 aromatic rings. The van der Waals surface area contributed by atoms with Crippen LogP contribution in [-0.2, 0) is 9.59 Å². The molecule has 0 unspecified atom stereocenters. The third kappa shape index (κ3) is 1.66. The van der Waals surface area contributed by atoms with E-state index in [2.05, 4.69) is 5.32 Å². The van der Waals surface area contributed by atoms with Gasteiger partial charge in [-0.05, 0) is 17.7 Å². The number of carbonyl (C=O) groups excluding carboxylic acids is 1. The van der Waals surface area contributed by atoms with E-state index in [1.165, 1.54) is 0 Å². The van der Waals surface area contributed by atoms with Crippen LogP contribution in [0, 0.1) is 0 Å². The van der Waals surface area contributed by atoms with Crippen LogP contribution >= 0.6 is 0 Å². The van der Waals surface area contributed by atoms with E-state index in [4.69, 9.17) is 14.6 Å². The van der Waals surface area contributed by atoms with Crippen LogP contribution in [0.25, 0.3) is 0 Å². The molecule has 0 aliphatic carbocycles. The fourth-order valence-corrected chi connectivity index (χ4v) is 2.34. The number of amides is 1. The Morgan fingerprint density at radius 3 is 2.89 bits per heavy atom. The number of carboxylic acid groups (broad SMARTS) is 1. The molecule has 18 heavy (non-hydrogen) atoms. The van der Waals surface area contributed by atoms with Gasteiger partial charge >= 0.3 is 5.97 Å². The molecule has 2 atom stereocenters. The number of nitrogens with one attached hydrogen (secondary N) is 1. The van der Waals surface area contributed by atoms with Crippen molar-refractivity contribution < 1.29 is 24.2 Å². The summed E-state index contributed by atoms with van der Waals surface area (Å²) in [7, 11) is 0. The van der Waals surface area contributed by atoms with Gasteiger partial charge in [0.15, 0.2) is 11.5 Å². The Bertz CT molecular complexity index is 527. The fourth-order valence-electron chi connectivity index (χ4n) is 2.34. The molecule has 6 nitrogen and oxygen atoms in total. The molecule has 1 saturated heterocycles. The van der Waals surface area contributed by atoms with Gasteiger partial charge in [0.2, 0.25) is 12.7 Å². The second-order valence-corrected chi connectivity index (χ2v) is 4.31. The van der Waals surface area contributed by atoms with Crippen LogP contribution < -0.4 is 14.8 Å². The highest BCUT2D eigenvalue weighted by molar-refractivity contribution is 5.89. The van der Waals surface area contributed by atoms with E-state index < -0.39 is 12.0 Å². The number of ether oxygens (including phenoxy) is 2. The molecule has 2 N–H and O–H groups in total. The van der Waals surface area contributed by atoms with E-state index in [0.717, 1.165) is 5.56 Å². The fraction of sp³-hybridized carbons (Fsp3) is 0.333. The zero-order valence-corrected chi connectivity index (χ0v) is 9.38. The number of fused-ring (bicyclic) bond motifs is 1. The number of rotatable bonds is 2. The zero-order valence-electron chi connectivity index (χ0n) is 9.38. The van der Waals surface area contributed by atoms with Gasteiger partial charge in [0, 0.05) is 12.3 Å². The average molecular weight is 249 g/mol. The van der Waals surface area contributed by atoms with Gasteiger partial charge in [-0.25, -0.2) is 4.79 Å². The molecule has 3 rings (SSSR count). The van der Waals surface area contributed by atoms with Crippen LogP contribution in [0.4, 0.5) is 0 Å². The summed E-state index contributed by atoms with van der Waals surface area (Å²) in [5.41, 5.74) is 0.769. The van der Waals surface area contributed by atoms with Crippen LogP contribution in [0.1, 0.15) is 17.9 Å². The third-order valence-corrected chi connectivity index (χ3v) is 3.21. The quantitative estimate of drug-likeness (QED) is 0.796. The highest BCUT2D eigenvalue weighted by Crippen LogP contribution is 2.37. The van der Waals surface area contributed by atoms with Gasteiger partial charge in [-0.1, -0.05) is 6.07 Å². The van der Waals surface area contributed by atoms with Crippen molar-refractivity contribution in [3.63, 3.8) is 0 Å². The largest absolute Gasteiger partial charge is 0.480 e. The molecule has 2 aliphatic rings. The van der Waals surface area contributed by atoms with E-state index in [1.807, 2.05) is 0 Å². The maximum Gasteiger partial charge on any atom is 0.326 e. The predicted octanol–water partition coefficient (Wildman–Crippen LogP) is 0.472. The summed E-state index contributed by atoms with van der Waals surface area (Å²) >= 11 is 0. The van der Waals surface area contributed by atoms with E-state index in [-0.39, 0.29) is 25.0 Å². The molecule has 0 bridgehead atoms. The monoisotopic (exact) mass is 249 g/mol. The van der Waals surface area contributed by atoms with E-state index >= 15 is 0 Å². The number of benzene rings is 1. The maximum atomic E-state index is 11.3. The second kappa shape index (κ2) is 3.90. The van der Waals surface area contributed by atoms with Gasteiger partial charge in [-0.3, -0.25) is 4.79 Å². The molecule has 0 radical (unpaired) electrons. The highest BCUT2D eigenvalue weighted by atomic mass is 16.7. The molecule has 0 spiro atoms. The van der Waals surface area contributed by atoms with Crippen molar-refractivity contribution in [3.05, 3.63) is 23.8 Å². The van der Waals surface area contributed by atoms with Crippen molar-refractivity contribution in [1.29, 1.82) is 0 Å². The SMILES string of the molecule is O=C1C[C@H](c2ccc3c(c2)OCO3)[C@H](C(=O)O)N1. The Morgan fingerprint density at radius 2 is 2.11 bits per heavy atom. The zero-order chi connectivity index (χ0) is 12.7. The standard InChI is InChI=1S/C12H11NO5/c14-10-4-7(11(13-10)12(15)16)6-1-2-8-9(3-6)18-5-17-8/h1-3,7,11H,4-5H2,(H,13,14)(H,15,16)/t7-,11-/m1/s1. The van der Waals surface area contributed by atoms with E-state index in [9.17, 15) is 9.59 Å². The topological polar surface area (TPSA) is 84.9 Å². The summed E-state index contributed by atoms with van der Waals surface area (Å²) in [6, 6.07) is 4.37. The van der Waals surface area contributed by atoms with Gasteiger partial charge in [-0.15, -0.1) is 0 Å². The smallest absolute Gasteiger partial charge is 0.326 e. The first-order valence-corrected chi connectivity index (χ1v) is 5.57. The van der Waals surface area contributed by atoms with Crippen LogP contribution in [-0.4, -0.2) is 29.8 Å². The van der Waals surface area contributed by atoms with Crippen molar-refractivity contribution >= 4 is 11.9 Å². The molecule has 1 fully saturated rings. The van der Waals surface area contributed by atoms with Crippen molar-refractivity contribution in [2.24, 2.45) is 0 Å². The molecular formula is C12H11NO5. The molecule has 6 heteroatoms. The van der Waals surface area contributed by atoms with Gasteiger partial charge in [0.25, 0.3) is 0 Å². The maximum absolute atomic E-state index is 11.3. The van der Waals surface area contributed by atoms with Gasteiger partial charge in [-0.2, -0.15) is 0 Å². The van der Waals surface area contributed by atoms with Crippen molar-refractivity contribution in [2.75, 3.05) is 6.79 Å². The molecule has 0 saturated carbocycles. The van der Waals surface area contributed by atoms with Crippen LogP contribution in [0.5, 0.6) is 11.5 Å². The Labute approximate surface area is 103 Å². The molecule has 1 amide bonds. The van der Waals surface area contributed by atoms with Gasteiger partial charge in [0.1, 0.15) is 6.04 Å². The Kier molecular flexibility index (Phi) is 2.36. The Hall–Kier alpha value is -2.24. The molecular weight excluding hydrogens is 238 g/mol. The van der Waals surface area contributed by atoms with E-state index in [1.54, 1.807) is 18.2 Å². The lowest BCUT2D eigenvalue weighted by Crippen LogP contribution is -2.36. The molecule has 2 heterocycles. The molecule has 2 aliphatic heterocycles. The number of aliphatic carboxylic acids is 1. The van der Waals surface area contributed by atoms with Crippen molar-refractivity contribution in [2.45, 2.75) is 18.4 Å². The summed E-state index contributed by atoms with van der Waals surface area (Å²) < 4.78 is 10.4. The lowest BCUT2D eigenvalue weighted by molar-refractivity contribution is -0.140. The lowest BCUT2D eigenvalue weighted by atomic mass is 9.91. The lowest BCUT2D eigenvalue weighted by Gasteiger charge is -2.15. The van der Waals surface area contributed by atoms with E-state index in [0.29, 0.717) is 11.5 Å². The number of hydrogen-bond donors (Lipinski definition) is 2. The first kappa shape index (κ1) is 10.9.